The molecule has 0 fully saturated rings. The molecule has 0 atom stereocenters. The number of halogens is 1. The van der Waals surface area contributed by atoms with Crippen LogP contribution in [0.4, 0.5) is 0 Å². The fourth-order valence-electron chi connectivity index (χ4n) is 16.4. The molecule has 0 bridgehead atoms. The molecule has 0 aliphatic heterocycles. The Morgan fingerprint density at radius 2 is 0.701 bits per heavy atom. The molecular formula is C96H77BrN8O2. The lowest BCUT2D eigenvalue weighted by molar-refractivity contribution is 0.476. The van der Waals surface area contributed by atoms with E-state index in [0.717, 1.165) is 105 Å². The summed E-state index contributed by atoms with van der Waals surface area (Å²) in [7, 11) is 0. The summed E-state index contributed by atoms with van der Waals surface area (Å²) in [5.74, 6) is 5.07. The van der Waals surface area contributed by atoms with Gasteiger partial charge in [0.25, 0.3) is 0 Å². The van der Waals surface area contributed by atoms with Crippen molar-refractivity contribution in [3.63, 3.8) is 0 Å². The van der Waals surface area contributed by atoms with Crippen LogP contribution >= 0.6 is 15.9 Å². The van der Waals surface area contributed by atoms with Crippen molar-refractivity contribution in [3.05, 3.63) is 318 Å². The van der Waals surface area contributed by atoms with Crippen LogP contribution in [0.3, 0.4) is 0 Å². The molecule has 11 heteroatoms. The van der Waals surface area contributed by atoms with Gasteiger partial charge in [-0.25, -0.2) is 19.9 Å². The molecule has 0 aliphatic carbocycles. The second kappa shape index (κ2) is 26.9. The predicted molar refractivity (Wildman–Crippen MR) is 449 cm³/mol. The van der Waals surface area contributed by atoms with E-state index in [0.29, 0.717) is 23.7 Å². The van der Waals surface area contributed by atoms with Gasteiger partial charge in [0, 0.05) is 77.1 Å². The molecule has 0 saturated carbocycles. The fourth-order valence-corrected chi connectivity index (χ4v) is 16.7. The molecule has 10 nitrogen and oxygen atoms in total. The summed E-state index contributed by atoms with van der Waals surface area (Å²) in [5.41, 5.74) is 18.7. The third-order valence-electron chi connectivity index (χ3n) is 21.3. The maximum Gasteiger partial charge on any atom is 0.145 e. The molecule has 20 rings (SSSR count). The number of hydrogen-bond acceptors (Lipinski definition) is 6. The largest absolute Gasteiger partial charge is 0.508 e. The summed E-state index contributed by atoms with van der Waals surface area (Å²) in [5, 5.41) is 26.6. The van der Waals surface area contributed by atoms with Crippen molar-refractivity contribution in [1.82, 2.24) is 37.9 Å². The van der Waals surface area contributed by atoms with Gasteiger partial charge in [0.05, 0.1) is 56.9 Å². The van der Waals surface area contributed by atoms with Crippen molar-refractivity contribution in [2.45, 2.75) is 79.1 Å². The summed E-state index contributed by atoms with van der Waals surface area (Å²) in [4.78, 5) is 19.4. The number of phenols is 1. The van der Waals surface area contributed by atoms with Gasteiger partial charge in [-0.05, 0) is 200 Å². The van der Waals surface area contributed by atoms with Crippen molar-refractivity contribution in [1.29, 1.82) is 0 Å². The molecule has 0 spiro atoms. The molecule has 0 radical (unpaired) electrons. The SMILES string of the molecule is Brc1ccc2c3ccccc3n(-c3ccccn3)c2c1.CC(C)c1cccc(C(C)C)c1-c1cnc2c3cc(O)ccc3c3cc4ccccc4cc3n12.CC(C)c1cccc(C(C)C)c1-c1cnc2c3cc(Oc4ccc5c6ccccc6n(-c6ccccn6)c5c4)ccc3c3cc4ccccc4cc3n12. The van der Waals surface area contributed by atoms with E-state index < -0.39 is 0 Å². The van der Waals surface area contributed by atoms with E-state index in [-0.39, 0.29) is 5.75 Å². The average Bonchev–Trinajstić information content (AvgIpc) is 1.69. The zero-order valence-electron chi connectivity index (χ0n) is 60.8. The first kappa shape index (κ1) is 66.5. The number of aromatic nitrogens is 8. The van der Waals surface area contributed by atoms with Gasteiger partial charge >= 0.3 is 0 Å². The van der Waals surface area contributed by atoms with Crippen molar-refractivity contribution in [2.24, 2.45) is 0 Å². The van der Waals surface area contributed by atoms with E-state index in [4.69, 9.17) is 19.7 Å². The number of rotatable bonds is 10. The van der Waals surface area contributed by atoms with E-state index in [9.17, 15) is 5.11 Å². The molecule has 0 aliphatic rings. The van der Waals surface area contributed by atoms with Crippen LogP contribution in [0.2, 0.25) is 0 Å². The molecule has 8 heterocycles. The van der Waals surface area contributed by atoms with Crippen molar-refractivity contribution >= 4 is 136 Å². The third-order valence-corrected chi connectivity index (χ3v) is 21.8. The van der Waals surface area contributed by atoms with E-state index >= 15 is 0 Å². The standard InChI is InChI=1S/C48H38N4O.C31H28N2O.C17H11BrN2/c1-29(2)35-15-11-16-36(30(3)4)47(35)45-28-50-48-41-26-33(19-21-37(41)40-24-31-12-5-6-13-32(31)25-43(40)52(45)48)53-34-20-22-39-38-14-7-8-17-42(38)51(44(39)27-34)46-18-9-10-23-49-46;1-18(2)23-10-7-11-24(19(3)4)30(23)29-17-32-31-27-16-22(34)12-13-25(27)26-14-20-8-5-6-9-21(20)15-28(26)33(29)31;18-12-8-9-14-13-5-1-2-6-15(13)20(16(14)11-12)17-7-3-4-10-19-17/h5-30H,1-4H3;5-19,34H,1-4H3;1-11H. The van der Waals surface area contributed by atoms with Crippen LogP contribution in [-0.2, 0) is 0 Å². The van der Waals surface area contributed by atoms with Crippen LogP contribution in [0.25, 0.3) is 154 Å². The maximum absolute atomic E-state index is 10.4. The Bertz CT molecular complexity index is 6850. The van der Waals surface area contributed by atoms with Crippen LogP contribution < -0.4 is 4.74 Å². The van der Waals surface area contributed by atoms with Gasteiger partial charge in [-0.2, -0.15) is 0 Å². The van der Waals surface area contributed by atoms with E-state index in [2.05, 4.69) is 313 Å². The molecule has 12 aromatic carbocycles. The van der Waals surface area contributed by atoms with Gasteiger partial charge < -0.3 is 9.84 Å². The van der Waals surface area contributed by atoms with Gasteiger partial charge in [0.1, 0.15) is 40.2 Å². The van der Waals surface area contributed by atoms with Gasteiger partial charge in [-0.3, -0.25) is 17.9 Å². The Morgan fingerprint density at radius 3 is 1.17 bits per heavy atom. The summed E-state index contributed by atoms with van der Waals surface area (Å²) in [6.45, 7) is 18.1. The van der Waals surface area contributed by atoms with Crippen LogP contribution in [-0.4, -0.2) is 43.0 Å². The number of fused-ring (bicyclic) bond motifs is 20. The number of nitrogens with zero attached hydrogens (tertiary/aromatic N) is 8. The second-order valence-corrected chi connectivity index (χ2v) is 30.2. The quantitative estimate of drug-likeness (QED) is 0.108. The van der Waals surface area contributed by atoms with Crippen LogP contribution in [0.5, 0.6) is 17.2 Å². The Kier molecular flexibility index (Phi) is 16.7. The average molecular weight is 1450 g/mol. The minimum absolute atomic E-state index is 0.254. The Balaban J connectivity index is 0.000000127. The number of aromatic hydroxyl groups is 1. The topological polar surface area (TPSA) is 99.7 Å². The first-order chi connectivity index (χ1) is 52.2. The van der Waals surface area contributed by atoms with Crippen molar-refractivity contribution in [2.75, 3.05) is 0 Å². The molecule has 0 unspecified atom stereocenters. The van der Waals surface area contributed by atoms with Crippen molar-refractivity contribution < 1.29 is 9.84 Å². The smallest absolute Gasteiger partial charge is 0.145 e. The zero-order valence-corrected chi connectivity index (χ0v) is 62.4. The number of imidazole rings is 2. The highest BCUT2D eigenvalue weighted by Gasteiger charge is 2.26. The molecule has 107 heavy (non-hydrogen) atoms. The minimum Gasteiger partial charge on any atom is -0.508 e. The molecular weight excluding hydrogens is 1380 g/mol. The number of hydrogen-bond donors (Lipinski definition) is 1. The third kappa shape index (κ3) is 11.5. The fraction of sp³-hybridized carbons (Fsp3) is 0.125. The Labute approximate surface area is 628 Å². The maximum atomic E-state index is 10.4. The van der Waals surface area contributed by atoms with E-state index in [1.807, 2.05) is 67.1 Å². The molecule has 0 amide bonds. The summed E-state index contributed by atoms with van der Waals surface area (Å²) in [6.07, 6.45) is 7.76. The van der Waals surface area contributed by atoms with Crippen LogP contribution in [0.15, 0.2) is 296 Å². The molecule has 8 aromatic heterocycles. The van der Waals surface area contributed by atoms with E-state index in [1.54, 1.807) is 6.07 Å². The number of para-hydroxylation sites is 2. The first-order valence-corrected chi connectivity index (χ1v) is 37.7. The summed E-state index contributed by atoms with van der Waals surface area (Å²) < 4.78 is 16.9. The molecule has 520 valence electrons. The highest BCUT2D eigenvalue weighted by Crippen LogP contribution is 2.45. The normalized spacial score (nSPS) is 12.0. The highest BCUT2D eigenvalue weighted by atomic mass is 79.9. The van der Waals surface area contributed by atoms with Gasteiger partial charge in [-0.15, -0.1) is 0 Å². The predicted octanol–water partition coefficient (Wildman–Crippen LogP) is 26.3. The van der Waals surface area contributed by atoms with Crippen LogP contribution in [0, 0.1) is 0 Å². The zero-order chi connectivity index (χ0) is 72.9. The summed E-state index contributed by atoms with van der Waals surface area (Å²) in [6, 6.07) is 93.5. The van der Waals surface area contributed by atoms with Gasteiger partial charge in [0.2, 0.25) is 0 Å². The van der Waals surface area contributed by atoms with Crippen LogP contribution in [0.1, 0.15) is 101 Å². The Morgan fingerprint density at radius 1 is 0.308 bits per heavy atom. The van der Waals surface area contributed by atoms with E-state index in [1.165, 1.54) is 87.5 Å². The lowest BCUT2D eigenvalue weighted by atomic mass is 9.87. The van der Waals surface area contributed by atoms with Crippen molar-refractivity contribution in [3.8, 4) is 51.4 Å². The minimum atomic E-state index is 0.254. The monoisotopic (exact) mass is 1450 g/mol. The molecule has 1 N–H and O–H groups in total. The first-order valence-electron chi connectivity index (χ1n) is 36.9. The number of benzene rings is 12. The number of pyridine rings is 4. The number of phenolic OH excluding ortho intramolecular Hbond substituents is 1. The highest BCUT2D eigenvalue weighted by molar-refractivity contribution is 9.10. The lowest BCUT2D eigenvalue weighted by Crippen LogP contribution is -2.02. The van der Waals surface area contributed by atoms with Gasteiger partial charge in [-0.1, -0.05) is 211 Å². The number of ether oxygens (including phenoxy) is 1. The summed E-state index contributed by atoms with van der Waals surface area (Å²) >= 11 is 3.56. The Hall–Kier alpha value is -12.4. The van der Waals surface area contributed by atoms with Gasteiger partial charge in [0.15, 0.2) is 0 Å². The molecule has 0 saturated heterocycles. The lowest BCUT2D eigenvalue weighted by Gasteiger charge is -2.20. The second-order valence-electron chi connectivity index (χ2n) is 29.2. The molecule has 20 aromatic rings.